The SMILES string of the molecule is COC(=O)[C@@H](C)NC(=O)c1ccc(NCc2ccsc2)cc1. The molecule has 0 saturated carbocycles. The van der Waals surface area contributed by atoms with Crippen LogP contribution in [0.15, 0.2) is 41.1 Å². The normalized spacial score (nSPS) is 11.5. The Morgan fingerprint density at radius 1 is 1.23 bits per heavy atom. The summed E-state index contributed by atoms with van der Waals surface area (Å²) in [6.45, 7) is 2.33. The number of thiophene rings is 1. The molecule has 1 amide bonds. The molecule has 2 N–H and O–H groups in total. The molecule has 0 unspecified atom stereocenters. The van der Waals surface area contributed by atoms with Crippen LogP contribution in [-0.2, 0) is 16.1 Å². The van der Waals surface area contributed by atoms with Gasteiger partial charge in [0.05, 0.1) is 7.11 Å². The number of hydrogen-bond donors (Lipinski definition) is 2. The molecule has 5 nitrogen and oxygen atoms in total. The molecule has 0 radical (unpaired) electrons. The highest BCUT2D eigenvalue weighted by atomic mass is 32.1. The van der Waals surface area contributed by atoms with E-state index in [9.17, 15) is 9.59 Å². The smallest absolute Gasteiger partial charge is 0.328 e. The molecule has 2 aromatic rings. The molecule has 0 aliphatic heterocycles. The Kier molecular flexibility index (Phi) is 5.55. The highest BCUT2D eigenvalue weighted by molar-refractivity contribution is 7.07. The van der Waals surface area contributed by atoms with E-state index in [0.717, 1.165) is 12.2 Å². The van der Waals surface area contributed by atoms with Crippen molar-refractivity contribution in [3.8, 4) is 0 Å². The fourth-order valence-corrected chi connectivity index (χ4v) is 2.52. The van der Waals surface area contributed by atoms with Crippen LogP contribution in [-0.4, -0.2) is 25.0 Å². The van der Waals surface area contributed by atoms with E-state index in [-0.39, 0.29) is 5.91 Å². The van der Waals surface area contributed by atoms with Crippen molar-refractivity contribution in [2.45, 2.75) is 19.5 Å². The molecule has 1 atom stereocenters. The maximum Gasteiger partial charge on any atom is 0.328 e. The highest BCUT2D eigenvalue weighted by Gasteiger charge is 2.16. The fourth-order valence-electron chi connectivity index (χ4n) is 1.85. The lowest BCUT2D eigenvalue weighted by Gasteiger charge is -2.12. The van der Waals surface area contributed by atoms with Crippen molar-refractivity contribution in [3.05, 3.63) is 52.2 Å². The van der Waals surface area contributed by atoms with E-state index < -0.39 is 12.0 Å². The van der Waals surface area contributed by atoms with Gasteiger partial charge in [0.25, 0.3) is 5.91 Å². The third kappa shape index (κ3) is 4.33. The lowest BCUT2D eigenvalue weighted by molar-refractivity contribution is -0.142. The van der Waals surface area contributed by atoms with Gasteiger partial charge < -0.3 is 15.4 Å². The molecule has 1 heterocycles. The Morgan fingerprint density at radius 2 is 1.95 bits per heavy atom. The maximum absolute atomic E-state index is 12.0. The van der Waals surface area contributed by atoms with Crippen LogP contribution >= 0.6 is 11.3 Å². The second-order valence-electron chi connectivity index (χ2n) is 4.78. The molecule has 0 fully saturated rings. The molecule has 116 valence electrons. The second kappa shape index (κ2) is 7.61. The number of nitrogens with one attached hydrogen (secondary N) is 2. The quantitative estimate of drug-likeness (QED) is 0.804. The predicted molar refractivity (Wildman–Crippen MR) is 87.0 cm³/mol. The minimum atomic E-state index is -0.672. The van der Waals surface area contributed by atoms with Crippen molar-refractivity contribution in [2.24, 2.45) is 0 Å². The average Bonchev–Trinajstić information content (AvgIpc) is 3.05. The number of ether oxygens (including phenoxy) is 1. The zero-order valence-electron chi connectivity index (χ0n) is 12.5. The minimum absolute atomic E-state index is 0.303. The summed E-state index contributed by atoms with van der Waals surface area (Å²) < 4.78 is 4.57. The van der Waals surface area contributed by atoms with Crippen molar-refractivity contribution in [3.63, 3.8) is 0 Å². The van der Waals surface area contributed by atoms with Crippen LogP contribution in [0.3, 0.4) is 0 Å². The van der Waals surface area contributed by atoms with Gasteiger partial charge in [0.15, 0.2) is 0 Å². The van der Waals surface area contributed by atoms with Crippen molar-refractivity contribution < 1.29 is 14.3 Å². The van der Waals surface area contributed by atoms with Gasteiger partial charge in [-0.15, -0.1) is 0 Å². The first-order valence-electron chi connectivity index (χ1n) is 6.84. The lowest BCUT2D eigenvalue weighted by atomic mass is 10.1. The molecule has 1 aromatic carbocycles. The van der Waals surface area contributed by atoms with Gasteiger partial charge in [-0.2, -0.15) is 11.3 Å². The number of hydrogen-bond acceptors (Lipinski definition) is 5. The van der Waals surface area contributed by atoms with Gasteiger partial charge in [0.2, 0.25) is 0 Å². The summed E-state index contributed by atoms with van der Waals surface area (Å²) in [5.74, 6) is -0.773. The van der Waals surface area contributed by atoms with Crippen molar-refractivity contribution in [1.82, 2.24) is 5.32 Å². The molecule has 22 heavy (non-hydrogen) atoms. The number of methoxy groups -OCH3 is 1. The summed E-state index contributed by atoms with van der Waals surface area (Å²) in [6, 6.07) is 8.50. The molecule has 0 spiro atoms. The summed E-state index contributed by atoms with van der Waals surface area (Å²) in [5, 5.41) is 9.99. The van der Waals surface area contributed by atoms with Crippen LogP contribution in [0, 0.1) is 0 Å². The van der Waals surface area contributed by atoms with E-state index in [1.54, 1.807) is 30.4 Å². The first-order chi connectivity index (χ1) is 10.6. The first kappa shape index (κ1) is 16.0. The van der Waals surface area contributed by atoms with Gasteiger partial charge in [-0.1, -0.05) is 0 Å². The second-order valence-corrected chi connectivity index (χ2v) is 5.56. The third-order valence-corrected chi connectivity index (χ3v) is 3.86. The van der Waals surface area contributed by atoms with E-state index in [0.29, 0.717) is 5.56 Å². The molecule has 0 saturated heterocycles. The van der Waals surface area contributed by atoms with Gasteiger partial charge in [-0.05, 0) is 53.6 Å². The summed E-state index contributed by atoms with van der Waals surface area (Å²) in [7, 11) is 1.29. The number of carbonyl (C=O) groups excluding carboxylic acids is 2. The molecule has 0 aliphatic carbocycles. The Hall–Kier alpha value is -2.34. The Bertz CT molecular complexity index is 623. The highest BCUT2D eigenvalue weighted by Crippen LogP contribution is 2.13. The van der Waals surface area contributed by atoms with E-state index in [4.69, 9.17) is 0 Å². The van der Waals surface area contributed by atoms with Crippen LogP contribution in [0.25, 0.3) is 0 Å². The van der Waals surface area contributed by atoms with Gasteiger partial charge in [-0.3, -0.25) is 4.79 Å². The van der Waals surface area contributed by atoms with Crippen LogP contribution in [0.5, 0.6) is 0 Å². The number of anilines is 1. The lowest BCUT2D eigenvalue weighted by Crippen LogP contribution is -2.39. The zero-order chi connectivity index (χ0) is 15.9. The first-order valence-corrected chi connectivity index (χ1v) is 7.78. The Labute approximate surface area is 133 Å². The Morgan fingerprint density at radius 3 is 2.55 bits per heavy atom. The summed E-state index contributed by atoms with van der Waals surface area (Å²) in [5.41, 5.74) is 2.65. The molecule has 6 heteroatoms. The van der Waals surface area contributed by atoms with Crippen LogP contribution in [0.2, 0.25) is 0 Å². The molecule has 0 aliphatic rings. The summed E-state index contributed by atoms with van der Waals surface area (Å²) in [4.78, 5) is 23.3. The van der Waals surface area contributed by atoms with E-state index in [2.05, 4.69) is 26.8 Å². The van der Waals surface area contributed by atoms with Crippen LogP contribution < -0.4 is 10.6 Å². The van der Waals surface area contributed by atoms with Crippen molar-refractivity contribution in [1.29, 1.82) is 0 Å². The Balaban J connectivity index is 1.90. The maximum atomic E-state index is 12.0. The number of amides is 1. The monoisotopic (exact) mass is 318 g/mol. The molecule has 0 bridgehead atoms. The van der Waals surface area contributed by atoms with Gasteiger partial charge in [-0.25, -0.2) is 4.79 Å². The molecule has 1 aromatic heterocycles. The molecule has 2 rings (SSSR count). The van der Waals surface area contributed by atoms with Gasteiger partial charge in [0, 0.05) is 17.8 Å². The average molecular weight is 318 g/mol. The summed E-state index contributed by atoms with van der Waals surface area (Å²) >= 11 is 1.66. The summed E-state index contributed by atoms with van der Waals surface area (Å²) in [6.07, 6.45) is 0. The standard InChI is InChI=1S/C16H18N2O3S/c1-11(16(20)21-2)18-15(19)13-3-5-14(6-4-13)17-9-12-7-8-22-10-12/h3-8,10-11,17H,9H2,1-2H3,(H,18,19)/t11-/m1/s1. The van der Waals surface area contributed by atoms with Crippen molar-refractivity contribution >= 4 is 28.9 Å². The number of carbonyl (C=O) groups is 2. The number of rotatable bonds is 6. The van der Waals surface area contributed by atoms with Crippen molar-refractivity contribution in [2.75, 3.05) is 12.4 Å². The third-order valence-electron chi connectivity index (χ3n) is 3.13. The number of esters is 1. The molecular weight excluding hydrogens is 300 g/mol. The fraction of sp³-hybridized carbons (Fsp3) is 0.250. The predicted octanol–water partition coefficient (Wildman–Crippen LogP) is 2.65. The zero-order valence-corrected chi connectivity index (χ0v) is 13.3. The molecular formula is C16H18N2O3S. The van der Waals surface area contributed by atoms with Crippen LogP contribution in [0.4, 0.5) is 5.69 Å². The van der Waals surface area contributed by atoms with Gasteiger partial charge in [0.1, 0.15) is 6.04 Å². The number of benzene rings is 1. The minimum Gasteiger partial charge on any atom is -0.467 e. The topological polar surface area (TPSA) is 67.4 Å². The van der Waals surface area contributed by atoms with E-state index >= 15 is 0 Å². The van der Waals surface area contributed by atoms with E-state index in [1.807, 2.05) is 17.5 Å². The van der Waals surface area contributed by atoms with Crippen LogP contribution in [0.1, 0.15) is 22.8 Å². The van der Waals surface area contributed by atoms with Gasteiger partial charge >= 0.3 is 5.97 Å². The largest absolute Gasteiger partial charge is 0.467 e. The van der Waals surface area contributed by atoms with E-state index in [1.165, 1.54) is 12.7 Å².